The lowest BCUT2D eigenvalue weighted by Gasteiger charge is -2.40. The van der Waals surface area contributed by atoms with Gasteiger partial charge in [0.2, 0.25) is 5.91 Å². The van der Waals surface area contributed by atoms with Crippen molar-refractivity contribution < 1.29 is 4.79 Å². The van der Waals surface area contributed by atoms with Crippen molar-refractivity contribution in [2.24, 2.45) is 5.92 Å². The highest BCUT2D eigenvalue weighted by molar-refractivity contribution is 5.85. The number of aromatic nitrogens is 3. The van der Waals surface area contributed by atoms with E-state index in [-0.39, 0.29) is 18.0 Å². The number of aromatic amines is 1. The number of piperazine rings is 1. The highest BCUT2D eigenvalue weighted by Gasteiger charge is 2.36. The smallest absolute Gasteiger partial charge is 0.276 e. The van der Waals surface area contributed by atoms with Gasteiger partial charge in [-0.2, -0.15) is 0 Å². The third-order valence-electron chi connectivity index (χ3n) is 6.19. The molecule has 150 valence electrons. The zero-order valence-corrected chi connectivity index (χ0v) is 16.7. The van der Waals surface area contributed by atoms with E-state index in [1.807, 2.05) is 23.1 Å². The average molecular weight is 404 g/mol. The van der Waals surface area contributed by atoms with Gasteiger partial charge in [0, 0.05) is 55.6 Å². The van der Waals surface area contributed by atoms with Gasteiger partial charge in [-0.05, 0) is 44.2 Å². The van der Waals surface area contributed by atoms with E-state index < -0.39 is 0 Å². The summed E-state index contributed by atoms with van der Waals surface area (Å²) in [6.45, 7) is 3.47. The summed E-state index contributed by atoms with van der Waals surface area (Å²) in [5, 5.41) is 3.25. The number of amides is 1. The Kier molecular flexibility index (Phi) is 5.29. The predicted molar refractivity (Wildman–Crippen MR) is 108 cm³/mol. The van der Waals surface area contributed by atoms with Crippen molar-refractivity contribution in [3.8, 4) is 5.82 Å². The molecule has 0 bridgehead atoms. The second kappa shape index (κ2) is 7.72. The van der Waals surface area contributed by atoms with Crippen LogP contribution in [0.4, 0.5) is 0 Å². The third-order valence-corrected chi connectivity index (χ3v) is 6.19. The summed E-state index contributed by atoms with van der Waals surface area (Å²) in [6.07, 6.45) is 6.55. The third kappa shape index (κ3) is 3.49. The molecule has 2 fully saturated rings. The highest BCUT2D eigenvalue weighted by atomic mass is 35.5. The molecule has 3 aliphatic rings. The minimum Gasteiger partial charge on any atom is -0.340 e. The Bertz CT molecular complexity index is 897. The lowest BCUT2D eigenvalue weighted by Crippen LogP contribution is -2.53. The quantitative estimate of drug-likeness (QED) is 0.840. The maximum Gasteiger partial charge on any atom is 0.276 e. The maximum absolute atomic E-state index is 12.9. The standard InChI is InChI=1S/C20H25N5O2.ClH/c26-19(14-4-5-14)24-11-9-23(10-12-24)15-6-7-17-16(13-15)20(27)25(22-17)18-3-1-2-8-21-18;/h1-3,8,14-15,22H,4-7,9-13H2;1H. The number of rotatable bonds is 3. The van der Waals surface area contributed by atoms with Gasteiger partial charge in [0.05, 0.1) is 0 Å². The van der Waals surface area contributed by atoms with Crippen molar-refractivity contribution in [3.63, 3.8) is 0 Å². The molecule has 5 rings (SSSR count). The summed E-state index contributed by atoms with van der Waals surface area (Å²) in [7, 11) is 0. The van der Waals surface area contributed by atoms with E-state index in [4.69, 9.17) is 0 Å². The molecular weight excluding hydrogens is 378 g/mol. The van der Waals surface area contributed by atoms with Gasteiger partial charge in [0.1, 0.15) is 0 Å². The van der Waals surface area contributed by atoms with E-state index >= 15 is 0 Å². The van der Waals surface area contributed by atoms with E-state index in [9.17, 15) is 9.59 Å². The molecule has 0 aromatic carbocycles. The van der Waals surface area contributed by atoms with E-state index in [1.165, 1.54) is 0 Å². The van der Waals surface area contributed by atoms with Crippen LogP contribution in [0.15, 0.2) is 29.2 Å². The van der Waals surface area contributed by atoms with Gasteiger partial charge in [-0.3, -0.25) is 19.6 Å². The van der Waals surface area contributed by atoms with Gasteiger partial charge >= 0.3 is 0 Å². The zero-order chi connectivity index (χ0) is 18.4. The summed E-state index contributed by atoms with van der Waals surface area (Å²) in [6, 6.07) is 5.97. The molecule has 7 nitrogen and oxygen atoms in total. The lowest BCUT2D eigenvalue weighted by molar-refractivity contribution is -0.134. The van der Waals surface area contributed by atoms with Crippen LogP contribution in [0.25, 0.3) is 5.82 Å². The number of nitrogens with zero attached hydrogens (tertiary/aromatic N) is 4. The Morgan fingerprint density at radius 3 is 2.57 bits per heavy atom. The number of halogens is 1. The molecule has 0 spiro atoms. The van der Waals surface area contributed by atoms with Gasteiger partial charge in [0.25, 0.3) is 5.56 Å². The molecule has 1 saturated carbocycles. The second-order valence-electron chi connectivity index (χ2n) is 7.93. The predicted octanol–water partition coefficient (Wildman–Crippen LogP) is 1.39. The van der Waals surface area contributed by atoms with Gasteiger partial charge < -0.3 is 4.90 Å². The highest BCUT2D eigenvalue weighted by Crippen LogP contribution is 2.31. The number of carbonyl (C=O) groups excluding carboxylic acids is 1. The van der Waals surface area contributed by atoms with Crippen LogP contribution in [0, 0.1) is 5.92 Å². The van der Waals surface area contributed by atoms with Crippen molar-refractivity contribution in [1.82, 2.24) is 24.6 Å². The van der Waals surface area contributed by atoms with Crippen molar-refractivity contribution in [2.45, 2.75) is 38.1 Å². The monoisotopic (exact) mass is 403 g/mol. The fourth-order valence-electron chi connectivity index (χ4n) is 4.44. The fourth-order valence-corrected chi connectivity index (χ4v) is 4.44. The Morgan fingerprint density at radius 2 is 1.89 bits per heavy atom. The molecule has 1 aliphatic heterocycles. The van der Waals surface area contributed by atoms with Crippen LogP contribution < -0.4 is 5.56 Å². The van der Waals surface area contributed by atoms with Gasteiger partial charge in [-0.25, -0.2) is 9.67 Å². The van der Waals surface area contributed by atoms with Crippen molar-refractivity contribution in [3.05, 3.63) is 46.0 Å². The summed E-state index contributed by atoms with van der Waals surface area (Å²) < 4.78 is 1.57. The Hall–Kier alpha value is -2.12. The van der Waals surface area contributed by atoms with Crippen molar-refractivity contribution >= 4 is 18.3 Å². The number of carbonyl (C=O) groups is 1. The summed E-state index contributed by atoms with van der Waals surface area (Å²) in [4.78, 5) is 33.9. The molecule has 8 heteroatoms. The fraction of sp³-hybridized carbons (Fsp3) is 0.550. The van der Waals surface area contributed by atoms with Crippen LogP contribution in [-0.4, -0.2) is 62.7 Å². The first-order valence-electron chi connectivity index (χ1n) is 9.98. The van der Waals surface area contributed by atoms with E-state index in [0.29, 0.717) is 23.7 Å². The SMILES string of the molecule is Cl.O=C(C1CC1)N1CCN(C2CCc3[nH]n(-c4ccccn4)c(=O)c3C2)CC1. The number of pyridine rings is 1. The zero-order valence-electron chi connectivity index (χ0n) is 15.8. The average Bonchev–Trinajstić information content (AvgIpc) is 3.52. The Labute approximate surface area is 170 Å². The Balaban J connectivity index is 0.00000192. The maximum atomic E-state index is 12.9. The first kappa shape index (κ1) is 19.2. The molecule has 2 aromatic rings. The second-order valence-corrected chi connectivity index (χ2v) is 7.93. The minimum absolute atomic E-state index is 0. The van der Waals surface area contributed by atoms with Gasteiger partial charge in [0.15, 0.2) is 5.82 Å². The van der Waals surface area contributed by atoms with Crippen LogP contribution >= 0.6 is 12.4 Å². The molecule has 28 heavy (non-hydrogen) atoms. The first-order valence-corrected chi connectivity index (χ1v) is 9.98. The van der Waals surface area contributed by atoms with Gasteiger partial charge in [-0.1, -0.05) is 6.07 Å². The lowest BCUT2D eigenvalue weighted by atomic mass is 9.92. The molecule has 0 radical (unpaired) electrons. The number of nitrogens with one attached hydrogen (secondary N) is 1. The van der Waals surface area contributed by atoms with Crippen LogP contribution in [0.3, 0.4) is 0 Å². The molecule has 3 heterocycles. The van der Waals surface area contributed by atoms with Crippen LogP contribution in [0.1, 0.15) is 30.5 Å². The van der Waals surface area contributed by atoms with Crippen LogP contribution in [0.5, 0.6) is 0 Å². The number of hydrogen-bond donors (Lipinski definition) is 1. The molecule has 1 atom stereocenters. The van der Waals surface area contributed by atoms with E-state index in [0.717, 1.165) is 69.5 Å². The largest absolute Gasteiger partial charge is 0.340 e. The topological polar surface area (TPSA) is 74.2 Å². The van der Waals surface area contributed by atoms with Crippen LogP contribution in [-0.2, 0) is 17.6 Å². The van der Waals surface area contributed by atoms with E-state index in [1.54, 1.807) is 10.9 Å². The summed E-state index contributed by atoms with van der Waals surface area (Å²) in [5.41, 5.74) is 1.97. The molecule has 1 N–H and O–H groups in total. The molecule has 1 amide bonds. The van der Waals surface area contributed by atoms with Crippen LogP contribution in [0.2, 0.25) is 0 Å². The normalized spacial score (nSPS) is 22.4. The molecule has 1 saturated heterocycles. The first-order chi connectivity index (χ1) is 13.2. The molecule has 2 aromatic heterocycles. The van der Waals surface area contributed by atoms with Crippen molar-refractivity contribution in [1.29, 1.82) is 0 Å². The molecular formula is C20H26ClN5O2. The summed E-state index contributed by atoms with van der Waals surface area (Å²) >= 11 is 0. The number of aryl methyl sites for hydroxylation is 1. The minimum atomic E-state index is 0. The number of hydrogen-bond acceptors (Lipinski definition) is 4. The number of H-pyrrole nitrogens is 1. The Morgan fingerprint density at radius 1 is 1.11 bits per heavy atom. The van der Waals surface area contributed by atoms with Gasteiger partial charge in [-0.15, -0.1) is 12.4 Å². The molecule has 2 aliphatic carbocycles. The number of fused-ring (bicyclic) bond motifs is 1. The summed E-state index contributed by atoms with van der Waals surface area (Å²) in [5.74, 6) is 1.30. The van der Waals surface area contributed by atoms with Crippen molar-refractivity contribution in [2.75, 3.05) is 26.2 Å². The van der Waals surface area contributed by atoms with E-state index in [2.05, 4.69) is 15.0 Å². The molecule has 1 unspecified atom stereocenters.